The Balaban J connectivity index is 2.73. The van der Waals surface area contributed by atoms with Crippen LogP contribution >= 0.6 is 0 Å². The molecule has 0 aliphatic rings. The second kappa shape index (κ2) is 7.01. The van der Waals surface area contributed by atoms with Crippen LogP contribution in [0, 0.1) is 0 Å². The van der Waals surface area contributed by atoms with E-state index in [9.17, 15) is 0 Å². The summed E-state index contributed by atoms with van der Waals surface area (Å²) in [6.07, 6.45) is 2.17. The lowest BCUT2D eigenvalue weighted by atomic mass is 10.1. The zero-order chi connectivity index (χ0) is 12.7. The van der Waals surface area contributed by atoms with Gasteiger partial charge >= 0.3 is 0 Å². The fourth-order valence-corrected chi connectivity index (χ4v) is 1.81. The summed E-state index contributed by atoms with van der Waals surface area (Å²) < 4.78 is 10.4. The molecule has 1 unspecified atom stereocenters. The average molecular weight is 238 g/mol. The monoisotopic (exact) mass is 238 g/mol. The number of anilines is 2. The van der Waals surface area contributed by atoms with Crippen LogP contribution in [0.1, 0.15) is 19.8 Å². The third-order valence-corrected chi connectivity index (χ3v) is 2.54. The summed E-state index contributed by atoms with van der Waals surface area (Å²) in [6.45, 7) is 2.84. The second-order valence-electron chi connectivity index (χ2n) is 4.08. The third-order valence-electron chi connectivity index (χ3n) is 2.54. The molecule has 1 aromatic carbocycles. The van der Waals surface area contributed by atoms with Gasteiger partial charge in [0.15, 0.2) is 0 Å². The van der Waals surface area contributed by atoms with E-state index in [0.29, 0.717) is 18.3 Å². The van der Waals surface area contributed by atoms with E-state index in [4.69, 9.17) is 15.2 Å². The van der Waals surface area contributed by atoms with Gasteiger partial charge in [-0.05, 0) is 12.5 Å². The first-order valence-electron chi connectivity index (χ1n) is 5.89. The zero-order valence-corrected chi connectivity index (χ0v) is 10.8. The SMILES string of the molecule is CCCC(COC)Nc1cc(N)cc(OC)c1. The van der Waals surface area contributed by atoms with Gasteiger partial charge in [-0.1, -0.05) is 13.3 Å². The molecule has 0 heterocycles. The van der Waals surface area contributed by atoms with E-state index in [-0.39, 0.29) is 0 Å². The molecule has 1 atom stereocenters. The van der Waals surface area contributed by atoms with Crippen LogP contribution in [-0.4, -0.2) is 26.9 Å². The molecule has 0 aliphatic heterocycles. The van der Waals surface area contributed by atoms with E-state index in [1.54, 1.807) is 20.3 Å². The Kier molecular flexibility index (Phi) is 5.63. The molecule has 1 rings (SSSR count). The van der Waals surface area contributed by atoms with Gasteiger partial charge in [0.05, 0.1) is 13.7 Å². The number of nitrogens with two attached hydrogens (primary N) is 1. The molecular formula is C13H22N2O2. The van der Waals surface area contributed by atoms with E-state index in [2.05, 4.69) is 12.2 Å². The molecule has 0 amide bonds. The quantitative estimate of drug-likeness (QED) is 0.717. The van der Waals surface area contributed by atoms with E-state index >= 15 is 0 Å². The number of nitrogens with one attached hydrogen (secondary N) is 1. The zero-order valence-electron chi connectivity index (χ0n) is 10.8. The summed E-state index contributed by atoms with van der Waals surface area (Å²) in [5.41, 5.74) is 7.47. The fraction of sp³-hybridized carbons (Fsp3) is 0.538. The van der Waals surface area contributed by atoms with Gasteiger partial charge in [0.2, 0.25) is 0 Å². The van der Waals surface area contributed by atoms with Gasteiger partial charge < -0.3 is 20.5 Å². The molecule has 0 aliphatic carbocycles. The van der Waals surface area contributed by atoms with Gasteiger partial charge in [-0.15, -0.1) is 0 Å². The maximum absolute atomic E-state index is 5.81. The van der Waals surface area contributed by atoms with Gasteiger partial charge in [0, 0.05) is 36.7 Å². The molecule has 0 aromatic heterocycles. The molecule has 0 bridgehead atoms. The molecule has 0 fully saturated rings. The lowest BCUT2D eigenvalue weighted by Crippen LogP contribution is -2.24. The Morgan fingerprint density at radius 2 is 2.06 bits per heavy atom. The van der Waals surface area contributed by atoms with Crippen molar-refractivity contribution < 1.29 is 9.47 Å². The van der Waals surface area contributed by atoms with Crippen molar-refractivity contribution in [2.75, 3.05) is 31.9 Å². The van der Waals surface area contributed by atoms with Crippen molar-refractivity contribution >= 4 is 11.4 Å². The van der Waals surface area contributed by atoms with Crippen molar-refractivity contribution in [2.45, 2.75) is 25.8 Å². The Morgan fingerprint density at radius 3 is 2.65 bits per heavy atom. The van der Waals surface area contributed by atoms with E-state index in [1.807, 2.05) is 12.1 Å². The maximum Gasteiger partial charge on any atom is 0.122 e. The summed E-state index contributed by atoms with van der Waals surface area (Å²) in [5, 5.41) is 3.41. The lowest BCUT2D eigenvalue weighted by molar-refractivity contribution is 0.182. The highest BCUT2D eigenvalue weighted by molar-refractivity contribution is 5.59. The normalized spacial score (nSPS) is 12.2. The summed E-state index contributed by atoms with van der Waals surface area (Å²) in [4.78, 5) is 0. The molecule has 0 saturated heterocycles. The Labute approximate surface area is 103 Å². The molecule has 4 heteroatoms. The van der Waals surface area contributed by atoms with Gasteiger partial charge in [0.25, 0.3) is 0 Å². The molecule has 3 N–H and O–H groups in total. The van der Waals surface area contributed by atoms with Crippen LogP contribution in [0.25, 0.3) is 0 Å². The molecule has 0 spiro atoms. The summed E-state index contributed by atoms with van der Waals surface area (Å²) >= 11 is 0. The first kappa shape index (κ1) is 13.6. The van der Waals surface area contributed by atoms with E-state index < -0.39 is 0 Å². The number of hydrogen-bond acceptors (Lipinski definition) is 4. The predicted octanol–water partition coefficient (Wildman–Crippen LogP) is 2.50. The van der Waals surface area contributed by atoms with Crippen LogP contribution in [-0.2, 0) is 4.74 Å². The van der Waals surface area contributed by atoms with Crippen molar-refractivity contribution in [2.24, 2.45) is 0 Å². The van der Waals surface area contributed by atoms with Crippen LogP contribution in [0.5, 0.6) is 5.75 Å². The first-order chi connectivity index (χ1) is 8.19. The van der Waals surface area contributed by atoms with Gasteiger partial charge in [0.1, 0.15) is 5.75 Å². The van der Waals surface area contributed by atoms with Crippen LogP contribution in [0.15, 0.2) is 18.2 Å². The second-order valence-corrected chi connectivity index (χ2v) is 4.08. The highest BCUT2D eigenvalue weighted by Gasteiger charge is 2.08. The number of hydrogen-bond donors (Lipinski definition) is 2. The highest BCUT2D eigenvalue weighted by Crippen LogP contribution is 2.23. The molecule has 17 heavy (non-hydrogen) atoms. The number of methoxy groups -OCH3 is 2. The smallest absolute Gasteiger partial charge is 0.122 e. The van der Waals surface area contributed by atoms with Crippen LogP contribution < -0.4 is 15.8 Å². The van der Waals surface area contributed by atoms with Crippen LogP contribution in [0.4, 0.5) is 11.4 Å². The van der Waals surface area contributed by atoms with Crippen molar-refractivity contribution in [3.05, 3.63) is 18.2 Å². The van der Waals surface area contributed by atoms with Gasteiger partial charge in [-0.2, -0.15) is 0 Å². The first-order valence-corrected chi connectivity index (χ1v) is 5.89. The minimum absolute atomic E-state index is 0.302. The predicted molar refractivity (Wildman–Crippen MR) is 71.6 cm³/mol. The molecule has 96 valence electrons. The minimum atomic E-state index is 0.302. The maximum atomic E-state index is 5.81. The molecule has 1 aromatic rings. The Hall–Kier alpha value is -1.42. The lowest BCUT2D eigenvalue weighted by Gasteiger charge is -2.19. The van der Waals surface area contributed by atoms with Gasteiger partial charge in [-0.3, -0.25) is 0 Å². The number of rotatable bonds is 7. The van der Waals surface area contributed by atoms with Gasteiger partial charge in [-0.25, -0.2) is 0 Å². The fourth-order valence-electron chi connectivity index (χ4n) is 1.81. The summed E-state index contributed by atoms with van der Waals surface area (Å²) in [5.74, 6) is 0.764. The standard InChI is InChI=1S/C13H22N2O2/c1-4-5-11(9-16-2)15-12-6-10(14)7-13(8-12)17-3/h6-8,11,15H,4-5,9,14H2,1-3H3. The Bertz CT molecular complexity index is 336. The Morgan fingerprint density at radius 1 is 1.29 bits per heavy atom. The van der Waals surface area contributed by atoms with Crippen molar-refractivity contribution in [1.29, 1.82) is 0 Å². The number of nitrogen functional groups attached to an aromatic ring is 1. The van der Waals surface area contributed by atoms with Crippen molar-refractivity contribution in [1.82, 2.24) is 0 Å². The largest absolute Gasteiger partial charge is 0.497 e. The minimum Gasteiger partial charge on any atom is -0.497 e. The average Bonchev–Trinajstić information content (AvgIpc) is 2.29. The topological polar surface area (TPSA) is 56.5 Å². The highest BCUT2D eigenvalue weighted by atomic mass is 16.5. The number of ether oxygens (including phenoxy) is 2. The van der Waals surface area contributed by atoms with Crippen molar-refractivity contribution in [3.8, 4) is 5.75 Å². The molecule has 0 radical (unpaired) electrons. The van der Waals surface area contributed by atoms with E-state index in [0.717, 1.165) is 24.3 Å². The van der Waals surface area contributed by atoms with E-state index in [1.165, 1.54) is 0 Å². The molecular weight excluding hydrogens is 216 g/mol. The van der Waals surface area contributed by atoms with Crippen LogP contribution in [0.3, 0.4) is 0 Å². The molecule has 4 nitrogen and oxygen atoms in total. The van der Waals surface area contributed by atoms with Crippen molar-refractivity contribution in [3.63, 3.8) is 0 Å². The van der Waals surface area contributed by atoms with Crippen LogP contribution in [0.2, 0.25) is 0 Å². The summed E-state index contributed by atoms with van der Waals surface area (Å²) in [6, 6.07) is 5.95. The third kappa shape index (κ3) is 4.53. The molecule has 0 saturated carbocycles. The summed E-state index contributed by atoms with van der Waals surface area (Å²) in [7, 11) is 3.35. The number of benzene rings is 1.